The van der Waals surface area contributed by atoms with Crippen molar-refractivity contribution in [2.24, 2.45) is 22.7 Å². The van der Waals surface area contributed by atoms with Gasteiger partial charge in [-0.1, -0.05) is 132 Å². The minimum absolute atomic E-state index is 0.129. The second kappa shape index (κ2) is 15.2. The molecule has 0 spiro atoms. The first kappa shape index (κ1) is 33.0. The van der Waals surface area contributed by atoms with Crippen LogP contribution < -0.4 is 0 Å². The third-order valence-corrected chi connectivity index (χ3v) is 7.99. The molecule has 1 heteroatoms. The van der Waals surface area contributed by atoms with Gasteiger partial charge in [0, 0.05) is 0 Å². The Kier molecular flexibility index (Phi) is 15.1. The molecular formula is C32H66O. The molecule has 0 aliphatic heterocycles. The summed E-state index contributed by atoms with van der Waals surface area (Å²) in [4.78, 5) is 0. The lowest BCUT2D eigenvalue weighted by molar-refractivity contribution is -0.203. The van der Waals surface area contributed by atoms with Crippen LogP contribution in [0, 0.1) is 22.7 Å². The fraction of sp³-hybridized carbons (Fsp3) is 1.00. The lowest BCUT2D eigenvalue weighted by Crippen LogP contribution is -2.52. The van der Waals surface area contributed by atoms with Gasteiger partial charge in [0.05, 0.1) is 11.2 Å². The highest BCUT2D eigenvalue weighted by Crippen LogP contribution is 2.47. The first-order chi connectivity index (χ1) is 15.1. The van der Waals surface area contributed by atoms with Gasteiger partial charge in [-0.05, 0) is 63.2 Å². The Labute approximate surface area is 211 Å². The quantitative estimate of drug-likeness (QED) is 0.182. The minimum Gasteiger partial charge on any atom is -0.369 e. The first-order valence-corrected chi connectivity index (χ1v) is 14.8. The van der Waals surface area contributed by atoms with E-state index in [1.807, 2.05) is 0 Å². The van der Waals surface area contributed by atoms with Crippen LogP contribution in [0.1, 0.15) is 173 Å². The molecule has 2 unspecified atom stereocenters. The highest BCUT2D eigenvalue weighted by Gasteiger charge is 2.46. The van der Waals surface area contributed by atoms with Crippen molar-refractivity contribution in [1.29, 1.82) is 0 Å². The van der Waals surface area contributed by atoms with E-state index in [4.69, 9.17) is 4.74 Å². The van der Waals surface area contributed by atoms with Crippen LogP contribution in [-0.4, -0.2) is 11.2 Å². The summed E-state index contributed by atoms with van der Waals surface area (Å²) >= 11 is 0. The minimum atomic E-state index is -0.129. The summed E-state index contributed by atoms with van der Waals surface area (Å²) in [6.07, 6.45) is 19.0. The number of hydrogen-bond acceptors (Lipinski definition) is 1. The van der Waals surface area contributed by atoms with Gasteiger partial charge in [0.1, 0.15) is 0 Å². The molecule has 0 rings (SSSR count). The first-order valence-electron chi connectivity index (χ1n) is 14.8. The number of rotatable bonds is 18. The molecular weight excluding hydrogens is 400 g/mol. The molecule has 0 aromatic heterocycles. The fourth-order valence-electron chi connectivity index (χ4n) is 6.72. The topological polar surface area (TPSA) is 9.23 Å². The molecule has 0 aliphatic rings. The molecule has 0 amide bonds. The molecule has 0 saturated heterocycles. The van der Waals surface area contributed by atoms with Gasteiger partial charge in [0.15, 0.2) is 0 Å². The Bertz CT molecular complexity index is 430. The molecule has 0 heterocycles. The van der Waals surface area contributed by atoms with Crippen molar-refractivity contribution in [2.45, 2.75) is 184 Å². The standard InChI is InChI=1S/C32H66O/c1-13-15-17-19-21-23-25-27(29(3,4)5)31(9,10)33-32(11,12)28(30(6,7)8)26-24-22-20-18-16-14-2/h27-28H,13-26H2,1-12H3. The van der Waals surface area contributed by atoms with Crippen LogP contribution in [0.5, 0.6) is 0 Å². The van der Waals surface area contributed by atoms with Gasteiger partial charge in [-0.25, -0.2) is 0 Å². The van der Waals surface area contributed by atoms with E-state index in [1.54, 1.807) is 0 Å². The predicted octanol–water partition coefficient (Wildman–Crippen LogP) is 11.4. The summed E-state index contributed by atoms with van der Waals surface area (Å²) < 4.78 is 7.19. The van der Waals surface area contributed by atoms with Gasteiger partial charge >= 0.3 is 0 Å². The summed E-state index contributed by atoms with van der Waals surface area (Å²) in [6, 6.07) is 0. The van der Waals surface area contributed by atoms with Crippen molar-refractivity contribution in [3.8, 4) is 0 Å². The zero-order valence-corrected chi connectivity index (χ0v) is 25.5. The highest BCUT2D eigenvalue weighted by molar-refractivity contribution is 4.94. The second-order valence-electron chi connectivity index (χ2n) is 14.3. The molecule has 200 valence electrons. The molecule has 0 N–H and O–H groups in total. The van der Waals surface area contributed by atoms with E-state index in [0.29, 0.717) is 11.8 Å². The van der Waals surface area contributed by atoms with Gasteiger partial charge in [0.25, 0.3) is 0 Å². The molecule has 0 bridgehead atoms. The molecule has 0 aromatic carbocycles. The van der Waals surface area contributed by atoms with Crippen molar-refractivity contribution in [1.82, 2.24) is 0 Å². The SMILES string of the molecule is CCCCCCCCC(C(C)(C)C)C(C)(C)OC(C)(C)C(CCCCCCCC)C(C)(C)C. The van der Waals surface area contributed by atoms with E-state index in [2.05, 4.69) is 83.1 Å². The van der Waals surface area contributed by atoms with Gasteiger partial charge in [-0.2, -0.15) is 0 Å². The van der Waals surface area contributed by atoms with Gasteiger partial charge in [-0.15, -0.1) is 0 Å². The summed E-state index contributed by atoms with van der Waals surface area (Å²) in [6.45, 7) is 28.7. The van der Waals surface area contributed by atoms with E-state index < -0.39 is 0 Å². The fourth-order valence-corrected chi connectivity index (χ4v) is 6.72. The van der Waals surface area contributed by atoms with E-state index in [0.717, 1.165) is 0 Å². The summed E-state index contributed by atoms with van der Waals surface area (Å²) in [5, 5.41) is 0. The molecule has 0 saturated carbocycles. The van der Waals surface area contributed by atoms with Crippen LogP contribution in [0.2, 0.25) is 0 Å². The second-order valence-corrected chi connectivity index (χ2v) is 14.3. The average molecular weight is 467 g/mol. The summed E-state index contributed by atoms with van der Waals surface area (Å²) in [5.74, 6) is 1.12. The molecule has 2 atom stereocenters. The Morgan fingerprint density at radius 1 is 0.424 bits per heavy atom. The molecule has 0 fully saturated rings. The Balaban J connectivity index is 5.23. The number of ether oxygens (including phenoxy) is 1. The molecule has 0 radical (unpaired) electrons. The molecule has 33 heavy (non-hydrogen) atoms. The van der Waals surface area contributed by atoms with Gasteiger partial charge in [0.2, 0.25) is 0 Å². The number of hydrogen-bond donors (Lipinski definition) is 0. The predicted molar refractivity (Wildman–Crippen MR) is 151 cm³/mol. The summed E-state index contributed by atoms with van der Waals surface area (Å²) in [5.41, 5.74) is 0.241. The van der Waals surface area contributed by atoms with Crippen LogP contribution in [0.25, 0.3) is 0 Å². The van der Waals surface area contributed by atoms with Crippen LogP contribution in [0.3, 0.4) is 0 Å². The summed E-state index contributed by atoms with van der Waals surface area (Å²) in [7, 11) is 0. The lowest BCUT2D eigenvalue weighted by atomic mass is 9.67. The Morgan fingerprint density at radius 2 is 0.697 bits per heavy atom. The maximum atomic E-state index is 7.19. The highest BCUT2D eigenvalue weighted by atomic mass is 16.5. The molecule has 0 aliphatic carbocycles. The molecule has 1 nitrogen and oxygen atoms in total. The molecule has 0 aromatic rings. The smallest absolute Gasteiger partial charge is 0.0666 e. The Morgan fingerprint density at radius 3 is 0.970 bits per heavy atom. The number of unbranched alkanes of at least 4 members (excludes halogenated alkanes) is 10. The normalized spacial score (nSPS) is 15.6. The van der Waals surface area contributed by atoms with Crippen molar-refractivity contribution < 1.29 is 4.74 Å². The van der Waals surface area contributed by atoms with E-state index in [-0.39, 0.29) is 22.0 Å². The van der Waals surface area contributed by atoms with Crippen molar-refractivity contribution in [3.63, 3.8) is 0 Å². The maximum absolute atomic E-state index is 7.19. The third-order valence-electron chi connectivity index (χ3n) is 7.99. The lowest BCUT2D eigenvalue weighted by Gasteiger charge is -2.51. The van der Waals surface area contributed by atoms with E-state index in [1.165, 1.54) is 89.9 Å². The van der Waals surface area contributed by atoms with Crippen LogP contribution in [-0.2, 0) is 4.74 Å². The van der Waals surface area contributed by atoms with Crippen LogP contribution >= 0.6 is 0 Å². The van der Waals surface area contributed by atoms with Crippen LogP contribution in [0.15, 0.2) is 0 Å². The Hall–Kier alpha value is -0.0400. The largest absolute Gasteiger partial charge is 0.369 e. The third kappa shape index (κ3) is 13.6. The van der Waals surface area contributed by atoms with Crippen molar-refractivity contribution in [2.75, 3.05) is 0 Å². The van der Waals surface area contributed by atoms with E-state index >= 15 is 0 Å². The van der Waals surface area contributed by atoms with Crippen molar-refractivity contribution in [3.05, 3.63) is 0 Å². The monoisotopic (exact) mass is 467 g/mol. The zero-order chi connectivity index (χ0) is 25.8. The van der Waals surface area contributed by atoms with Gasteiger partial charge < -0.3 is 4.74 Å². The van der Waals surface area contributed by atoms with Gasteiger partial charge in [-0.3, -0.25) is 0 Å². The van der Waals surface area contributed by atoms with E-state index in [9.17, 15) is 0 Å². The maximum Gasteiger partial charge on any atom is 0.0666 e. The van der Waals surface area contributed by atoms with Crippen LogP contribution in [0.4, 0.5) is 0 Å². The van der Waals surface area contributed by atoms with Crippen molar-refractivity contribution >= 4 is 0 Å². The zero-order valence-electron chi connectivity index (χ0n) is 25.5. The average Bonchev–Trinajstić information content (AvgIpc) is 2.63.